The molecule has 224 valence electrons. The molecule has 1 unspecified atom stereocenters. The number of carbonyl (C=O) groups is 2. The largest absolute Gasteiger partial charge is 0.472 e. The molecule has 8 rings (SSSR count). The molecular formula is C31H40O10. The van der Waals surface area contributed by atoms with Crippen LogP contribution in [-0.4, -0.2) is 76.3 Å². The molecule has 4 aliphatic carbocycles. The normalized spacial score (nSPS) is 56.8. The average Bonchev–Trinajstić information content (AvgIpc) is 3.29. The Morgan fingerprint density at radius 3 is 2.66 bits per heavy atom. The summed E-state index contributed by atoms with van der Waals surface area (Å²) in [5.74, 6) is -2.21. The van der Waals surface area contributed by atoms with Crippen molar-refractivity contribution in [2.45, 2.75) is 108 Å². The quantitative estimate of drug-likeness (QED) is 0.363. The molecule has 3 aliphatic heterocycles. The van der Waals surface area contributed by atoms with Gasteiger partial charge in [0.15, 0.2) is 12.6 Å². The maximum Gasteiger partial charge on any atom is 0.308 e. The van der Waals surface area contributed by atoms with Crippen LogP contribution in [0.5, 0.6) is 0 Å². The molecule has 3 N–H and O–H groups in total. The number of carbonyl (C=O) groups excluding carboxylic acids is 2. The minimum absolute atomic E-state index is 0.00902. The Balaban J connectivity index is 1.27. The number of esters is 1. The molecular weight excluding hydrogens is 532 g/mol. The topological polar surface area (TPSA) is 148 Å². The smallest absolute Gasteiger partial charge is 0.308 e. The number of aliphatic hydroxyl groups excluding tert-OH is 3. The number of aliphatic hydroxyl groups is 3. The van der Waals surface area contributed by atoms with Gasteiger partial charge in [0.05, 0.1) is 59.6 Å². The lowest BCUT2D eigenvalue weighted by atomic mass is 9.32. The Morgan fingerprint density at radius 2 is 1.95 bits per heavy atom. The molecule has 3 saturated heterocycles. The summed E-state index contributed by atoms with van der Waals surface area (Å²) in [7, 11) is 0. The zero-order valence-corrected chi connectivity index (χ0v) is 23.9. The number of ether oxygens (including phenoxy) is 4. The van der Waals surface area contributed by atoms with Crippen LogP contribution in [0.3, 0.4) is 0 Å². The lowest BCUT2D eigenvalue weighted by molar-refractivity contribution is -0.465. The van der Waals surface area contributed by atoms with E-state index in [4.69, 9.17) is 23.4 Å². The highest BCUT2D eigenvalue weighted by atomic mass is 16.7. The van der Waals surface area contributed by atoms with Gasteiger partial charge < -0.3 is 38.7 Å². The van der Waals surface area contributed by atoms with Crippen molar-refractivity contribution in [2.24, 2.45) is 39.4 Å². The molecule has 4 heterocycles. The van der Waals surface area contributed by atoms with Crippen molar-refractivity contribution in [3.8, 4) is 0 Å². The summed E-state index contributed by atoms with van der Waals surface area (Å²) in [6.45, 7) is 7.59. The van der Waals surface area contributed by atoms with E-state index in [1.54, 1.807) is 26.4 Å². The summed E-state index contributed by atoms with van der Waals surface area (Å²) in [6.07, 6.45) is -0.477. The van der Waals surface area contributed by atoms with Crippen molar-refractivity contribution < 1.29 is 48.3 Å². The van der Waals surface area contributed by atoms with E-state index < -0.39 is 76.0 Å². The molecule has 1 aromatic heterocycles. The lowest BCUT2D eigenvalue weighted by Crippen LogP contribution is -2.86. The highest BCUT2D eigenvalue weighted by Crippen LogP contribution is 2.84. The van der Waals surface area contributed by atoms with Crippen LogP contribution in [0.2, 0.25) is 0 Å². The standard InChI is InChI=1S/C31H40O10/c1-5-14(2)24(35)39-21-10-20(34)30-18-9-19(33)29(13-38-26(30)40-25(36)28(18,21)4)23(30)17(32)11-27(3)16(15-6-7-37-12-15)8-22-31(27,29)41-22/h6-7,12,14,16,18-23,25-26,33-34,36H,5,8-11,13H2,1-4H3/t14-,16-,18?,19-,20+,21-,22+,23+,25-,26+,27-,28+,29-,30-,31-/m1/s1. The minimum atomic E-state index is -1.38. The van der Waals surface area contributed by atoms with Crippen LogP contribution in [0.4, 0.5) is 0 Å². The first-order chi connectivity index (χ1) is 19.4. The summed E-state index contributed by atoms with van der Waals surface area (Å²) in [5, 5.41) is 35.9. The molecule has 10 nitrogen and oxygen atoms in total. The third-order valence-electron chi connectivity index (χ3n) is 13.4. The number of rotatable bonds is 4. The van der Waals surface area contributed by atoms with Gasteiger partial charge in [0.25, 0.3) is 0 Å². The fraction of sp³-hybridized carbons (Fsp3) is 0.806. The second kappa shape index (κ2) is 8.01. The summed E-state index contributed by atoms with van der Waals surface area (Å²) in [5.41, 5.74) is -3.92. The Hall–Kier alpha value is -1.82. The van der Waals surface area contributed by atoms with E-state index in [1.807, 2.05) is 13.0 Å². The molecule has 0 radical (unpaired) electrons. The molecule has 7 aliphatic rings. The van der Waals surface area contributed by atoms with Crippen LogP contribution >= 0.6 is 0 Å². The van der Waals surface area contributed by atoms with Gasteiger partial charge in [-0.2, -0.15) is 0 Å². The number of Topliss-reactive ketones (excluding diaryl/α,β-unsaturated/α-hetero) is 1. The SMILES string of the molecule is CC[C@@H](C)C(=O)O[C@@H]1C[C@H](O)[C@@]23C4C[C@@H](O)[C@]5(CO[C@H]2O[C@@H](O)[C@@]41C)[C@@H]3C(=O)C[C@]1(C)[C@@H](c2ccoc2)C[C@@H]2O[C@@]251. The van der Waals surface area contributed by atoms with Gasteiger partial charge in [0.2, 0.25) is 0 Å². The number of furan rings is 1. The Kier molecular flexibility index (Phi) is 5.23. The lowest BCUT2D eigenvalue weighted by Gasteiger charge is -2.76. The summed E-state index contributed by atoms with van der Waals surface area (Å²) < 4.78 is 30.6. The predicted octanol–water partition coefficient (Wildman–Crippen LogP) is 2.29. The Labute approximate surface area is 238 Å². The number of hydrogen-bond donors (Lipinski definition) is 3. The van der Waals surface area contributed by atoms with Crippen molar-refractivity contribution in [1.82, 2.24) is 0 Å². The van der Waals surface area contributed by atoms with E-state index in [-0.39, 0.29) is 49.6 Å². The molecule has 7 fully saturated rings. The van der Waals surface area contributed by atoms with Crippen LogP contribution in [0, 0.1) is 39.4 Å². The fourth-order valence-electron chi connectivity index (χ4n) is 11.3. The molecule has 10 heteroatoms. The van der Waals surface area contributed by atoms with Gasteiger partial charge >= 0.3 is 5.97 Å². The van der Waals surface area contributed by atoms with Gasteiger partial charge in [-0.1, -0.05) is 27.7 Å². The van der Waals surface area contributed by atoms with E-state index >= 15 is 0 Å². The Morgan fingerprint density at radius 1 is 1.17 bits per heavy atom. The van der Waals surface area contributed by atoms with Crippen molar-refractivity contribution in [2.75, 3.05) is 6.61 Å². The Bertz CT molecular complexity index is 1300. The zero-order valence-electron chi connectivity index (χ0n) is 23.9. The van der Waals surface area contributed by atoms with Crippen LogP contribution in [0.25, 0.3) is 0 Å². The first kappa shape index (κ1) is 26.8. The first-order valence-corrected chi connectivity index (χ1v) is 15.2. The summed E-state index contributed by atoms with van der Waals surface area (Å²) in [6, 6.07) is 1.94. The fourth-order valence-corrected chi connectivity index (χ4v) is 11.3. The number of hydrogen-bond acceptors (Lipinski definition) is 10. The molecule has 1 aromatic rings. The van der Waals surface area contributed by atoms with Crippen LogP contribution in [0.1, 0.15) is 71.3 Å². The van der Waals surface area contributed by atoms with Gasteiger partial charge in [0.1, 0.15) is 17.5 Å². The molecule has 41 heavy (non-hydrogen) atoms. The molecule has 15 atom stereocenters. The second-order valence-electron chi connectivity index (χ2n) is 14.5. The van der Waals surface area contributed by atoms with Crippen molar-refractivity contribution in [3.63, 3.8) is 0 Å². The third kappa shape index (κ3) is 2.66. The van der Waals surface area contributed by atoms with Gasteiger partial charge in [-0.3, -0.25) is 9.59 Å². The molecule has 3 bridgehead atoms. The van der Waals surface area contributed by atoms with E-state index in [9.17, 15) is 24.9 Å². The van der Waals surface area contributed by atoms with Gasteiger partial charge in [0, 0.05) is 24.2 Å². The van der Waals surface area contributed by atoms with Crippen LogP contribution < -0.4 is 0 Å². The first-order valence-electron chi connectivity index (χ1n) is 15.2. The van der Waals surface area contributed by atoms with Gasteiger partial charge in [-0.25, -0.2) is 0 Å². The van der Waals surface area contributed by atoms with E-state index in [2.05, 4.69) is 6.92 Å². The number of epoxide rings is 1. The van der Waals surface area contributed by atoms with Gasteiger partial charge in [-0.05, 0) is 42.7 Å². The monoisotopic (exact) mass is 572 g/mol. The summed E-state index contributed by atoms with van der Waals surface area (Å²) in [4.78, 5) is 27.6. The highest BCUT2D eigenvalue weighted by molar-refractivity contribution is 5.87. The molecule has 0 aromatic carbocycles. The van der Waals surface area contributed by atoms with E-state index in [0.717, 1.165) is 5.56 Å². The predicted molar refractivity (Wildman–Crippen MR) is 139 cm³/mol. The van der Waals surface area contributed by atoms with Crippen LogP contribution in [0.15, 0.2) is 23.0 Å². The molecule has 4 saturated carbocycles. The van der Waals surface area contributed by atoms with Gasteiger partial charge in [-0.15, -0.1) is 0 Å². The number of ketones is 1. The van der Waals surface area contributed by atoms with Crippen LogP contribution in [-0.2, 0) is 28.5 Å². The van der Waals surface area contributed by atoms with Crippen molar-refractivity contribution >= 4 is 11.8 Å². The zero-order chi connectivity index (χ0) is 28.9. The molecule has 2 spiro atoms. The maximum absolute atomic E-state index is 14.7. The third-order valence-corrected chi connectivity index (χ3v) is 13.4. The van der Waals surface area contributed by atoms with E-state index in [0.29, 0.717) is 12.8 Å². The molecule has 0 amide bonds. The highest BCUT2D eigenvalue weighted by Gasteiger charge is 2.93. The second-order valence-corrected chi connectivity index (χ2v) is 14.5. The maximum atomic E-state index is 14.7. The minimum Gasteiger partial charge on any atom is -0.472 e. The van der Waals surface area contributed by atoms with E-state index in [1.165, 1.54) is 0 Å². The summed E-state index contributed by atoms with van der Waals surface area (Å²) >= 11 is 0. The average molecular weight is 573 g/mol. The van der Waals surface area contributed by atoms with Crippen molar-refractivity contribution in [1.29, 1.82) is 0 Å². The van der Waals surface area contributed by atoms with Crippen molar-refractivity contribution in [3.05, 3.63) is 24.2 Å².